The van der Waals surface area contributed by atoms with E-state index in [1.54, 1.807) is 55.5 Å². The summed E-state index contributed by atoms with van der Waals surface area (Å²) in [5.41, 5.74) is 1.68. The van der Waals surface area contributed by atoms with Crippen molar-refractivity contribution in [3.63, 3.8) is 0 Å². The van der Waals surface area contributed by atoms with Crippen LogP contribution in [0.1, 0.15) is 5.56 Å². The van der Waals surface area contributed by atoms with Crippen LogP contribution in [-0.2, 0) is 4.79 Å². The second-order valence-electron chi connectivity index (χ2n) is 7.10. The number of aryl methyl sites for hydroxylation is 1. The second-order valence-corrected chi connectivity index (χ2v) is 8.45. The van der Waals surface area contributed by atoms with Gasteiger partial charge < -0.3 is 5.32 Å². The fourth-order valence-electron chi connectivity index (χ4n) is 3.27. The first kappa shape index (κ1) is 22.5. The Morgan fingerprint density at radius 2 is 1.88 bits per heavy atom. The van der Waals surface area contributed by atoms with E-state index in [1.165, 1.54) is 22.8 Å². The Labute approximate surface area is 197 Å². The Kier molecular flexibility index (Phi) is 6.43. The number of hydrogen-bond acceptors (Lipinski definition) is 6. The van der Waals surface area contributed by atoms with Crippen LogP contribution in [-0.4, -0.2) is 26.1 Å². The molecule has 1 amide bonds. The molecule has 0 radical (unpaired) electrons. The van der Waals surface area contributed by atoms with Crippen LogP contribution in [0, 0.1) is 17.0 Å². The first-order valence-electron chi connectivity index (χ1n) is 9.79. The number of thioether (sulfide) groups is 1. The quantitative estimate of drug-likeness (QED) is 0.180. The predicted octanol–water partition coefficient (Wildman–Crippen LogP) is 4.99. The van der Waals surface area contributed by atoms with E-state index in [2.05, 4.69) is 10.3 Å². The molecule has 0 saturated heterocycles. The van der Waals surface area contributed by atoms with Crippen LogP contribution in [0.5, 0.6) is 0 Å². The van der Waals surface area contributed by atoms with Crippen LogP contribution in [0.15, 0.2) is 76.7 Å². The largest absolute Gasteiger partial charge is 0.325 e. The molecule has 0 fully saturated rings. The van der Waals surface area contributed by atoms with E-state index >= 15 is 0 Å². The highest BCUT2D eigenvalue weighted by molar-refractivity contribution is 7.99. The molecule has 0 unspecified atom stereocenters. The molecule has 166 valence electrons. The molecular formula is C23H17ClN4O4S. The van der Waals surface area contributed by atoms with Crippen molar-refractivity contribution < 1.29 is 9.72 Å². The maximum atomic E-state index is 13.3. The molecule has 0 aliphatic carbocycles. The minimum atomic E-state index is -0.492. The van der Waals surface area contributed by atoms with Gasteiger partial charge in [-0.3, -0.25) is 24.3 Å². The molecule has 0 bridgehead atoms. The van der Waals surface area contributed by atoms with Gasteiger partial charge in [0, 0.05) is 17.8 Å². The number of hydrogen-bond donors (Lipinski definition) is 1. The van der Waals surface area contributed by atoms with Gasteiger partial charge in [-0.15, -0.1) is 0 Å². The lowest BCUT2D eigenvalue weighted by molar-refractivity contribution is -0.384. The van der Waals surface area contributed by atoms with Gasteiger partial charge in [0.2, 0.25) is 5.91 Å². The lowest BCUT2D eigenvalue weighted by Crippen LogP contribution is -2.23. The summed E-state index contributed by atoms with van der Waals surface area (Å²) >= 11 is 7.45. The number of halogens is 1. The SMILES string of the molecule is Cc1cc([N+](=O)[O-])ccc1NC(=O)CSc1nc2ccccc2c(=O)n1-c1ccccc1Cl. The number of nitro groups is 1. The van der Waals surface area contributed by atoms with Gasteiger partial charge in [-0.05, 0) is 42.8 Å². The molecule has 33 heavy (non-hydrogen) atoms. The zero-order valence-electron chi connectivity index (χ0n) is 17.3. The number of benzene rings is 3. The van der Waals surface area contributed by atoms with Crippen molar-refractivity contribution in [3.05, 3.63) is 97.8 Å². The Balaban J connectivity index is 1.64. The van der Waals surface area contributed by atoms with E-state index < -0.39 is 4.92 Å². The average Bonchev–Trinajstić information content (AvgIpc) is 2.80. The van der Waals surface area contributed by atoms with Gasteiger partial charge in [-0.25, -0.2) is 4.98 Å². The summed E-state index contributed by atoms with van der Waals surface area (Å²) in [5.74, 6) is -0.379. The highest BCUT2D eigenvalue weighted by Crippen LogP contribution is 2.26. The molecule has 0 aliphatic heterocycles. The van der Waals surface area contributed by atoms with E-state index in [0.717, 1.165) is 11.8 Å². The van der Waals surface area contributed by atoms with Crippen molar-refractivity contribution in [2.24, 2.45) is 0 Å². The van der Waals surface area contributed by atoms with Gasteiger partial charge in [-0.2, -0.15) is 0 Å². The molecule has 0 spiro atoms. The third-order valence-corrected chi connectivity index (χ3v) is 6.12. The van der Waals surface area contributed by atoms with E-state index in [1.807, 2.05) is 0 Å². The molecule has 10 heteroatoms. The summed E-state index contributed by atoms with van der Waals surface area (Å²) in [7, 11) is 0. The molecule has 4 aromatic rings. The summed E-state index contributed by atoms with van der Waals surface area (Å²) in [5, 5.41) is 14.8. The molecule has 3 aromatic carbocycles. The topological polar surface area (TPSA) is 107 Å². The molecular weight excluding hydrogens is 464 g/mol. The van der Waals surface area contributed by atoms with Gasteiger partial charge in [0.15, 0.2) is 5.16 Å². The number of rotatable bonds is 6. The zero-order chi connectivity index (χ0) is 23.5. The molecule has 1 heterocycles. The van der Waals surface area contributed by atoms with Crippen LogP contribution >= 0.6 is 23.4 Å². The molecule has 4 rings (SSSR count). The molecule has 0 aliphatic rings. The summed E-state index contributed by atoms with van der Waals surface area (Å²) in [6, 6.07) is 18.1. The minimum absolute atomic E-state index is 0.0361. The number of nitrogens with zero attached hydrogens (tertiary/aromatic N) is 3. The van der Waals surface area contributed by atoms with Gasteiger partial charge in [0.05, 0.1) is 32.3 Å². The van der Waals surface area contributed by atoms with Crippen LogP contribution < -0.4 is 10.9 Å². The van der Waals surface area contributed by atoms with Crippen LogP contribution in [0.3, 0.4) is 0 Å². The third-order valence-electron chi connectivity index (χ3n) is 4.87. The summed E-state index contributed by atoms with van der Waals surface area (Å²) in [6.07, 6.45) is 0. The third kappa shape index (κ3) is 4.74. The number of carbonyl (C=O) groups excluding carboxylic acids is 1. The first-order chi connectivity index (χ1) is 15.8. The Morgan fingerprint density at radius 1 is 1.15 bits per heavy atom. The van der Waals surface area contributed by atoms with Crippen LogP contribution in [0.4, 0.5) is 11.4 Å². The lowest BCUT2D eigenvalue weighted by atomic mass is 10.2. The van der Waals surface area contributed by atoms with E-state index in [0.29, 0.717) is 38.0 Å². The van der Waals surface area contributed by atoms with Gasteiger partial charge in [0.1, 0.15) is 0 Å². The summed E-state index contributed by atoms with van der Waals surface area (Å²) in [6.45, 7) is 1.68. The highest BCUT2D eigenvalue weighted by Gasteiger charge is 2.17. The monoisotopic (exact) mass is 480 g/mol. The van der Waals surface area contributed by atoms with Gasteiger partial charge in [0.25, 0.3) is 11.2 Å². The van der Waals surface area contributed by atoms with Crippen molar-refractivity contribution in [2.45, 2.75) is 12.1 Å². The molecule has 0 atom stereocenters. The Bertz CT molecular complexity index is 1450. The fraction of sp³-hybridized carbons (Fsp3) is 0.0870. The standard InChI is InChI=1S/C23H17ClN4O4S/c1-14-12-15(28(31)32)10-11-18(14)25-21(29)13-33-23-26-19-8-4-2-6-16(19)22(30)27(23)20-9-5-3-7-17(20)24/h2-12H,13H2,1H3,(H,25,29). The number of nitro benzene ring substituents is 1. The normalized spacial score (nSPS) is 10.8. The summed E-state index contributed by atoms with van der Waals surface area (Å²) < 4.78 is 1.40. The highest BCUT2D eigenvalue weighted by atomic mass is 35.5. The van der Waals surface area contributed by atoms with E-state index in [9.17, 15) is 19.7 Å². The first-order valence-corrected chi connectivity index (χ1v) is 11.2. The Hall–Kier alpha value is -3.69. The number of nitrogens with one attached hydrogen (secondary N) is 1. The maximum Gasteiger partial charge on any atom is 0.269 e. The van der Waals surface area contributed by atoms with Crippen molar-refractivity contribution in [1.29, 1.82) is 0 Å². The fourth-order valence-corrected chi connectivity index (χ4v) is 4.30. The van der Waals surface area contributed by atoms with E-state index in [-0.39, 0.29) is 22.9 Å². The number of fused-ring (bicyclic) bond motifs is 1. The molecule has 0 saturated carbocycles. The lowest BCUT2D eigenvalue weighted by Gasteiger charge is -2.14. The molecule has 8 nitrogen and oxygen atoms in total. The van der Waals surface area contributed by atoms with E-state index in [4.69, 9.17) is 11.6 Å². The van der Waals surface area contributed by atoms with Crippen LogP contribution in [0.2, 0.25) is 5.02 Å². The van der Waals surface area contributed by atoms with Crippen molar-refractivity contribution in [3.8, 4) is 5.69 Å². The number of carbonyl (C=O) groups is 1. The van der Waals surface area contributed by atoms with Crippen molar-refractivity contribution in [1.82, 2.24) is 9.55 Å². The van der Waals surface area contributed by atoms with Crippen LogP contribution in [0.25, 0.3) is 16.6 Å². The summed E-state index contributed by atoms with van der Waals surface area (Å²) in [4.78, 5) is 40.9. The second kappa shape index (κ2) is 9.43. The minimum Gasteiger partial charge on any atom is -0.325 e. The van der Waals surface area contributed by atoms with Crippen molar-refractivity contribution in [2.75, 3.05) is 11.1 Å². The molecule has 1 N–H and O–H groups in total. The number of non-ortho nitro benzene ring substituents is 1. The maximum absolute atomic E-state index is 13.3. The molecule has 1 aromatic heterocycles. The van der Waals surface area contributed by atoms with Gasteiger partial charge in [-0.1, -0.05) is 47.6 Å². The Morgan fingerprint density at radius 3 is 2.61 bits per heavy atom. The average molecular weight is 481 g/mol. The number of anilines is 1. The zero-order valence-corrected chi connectivity index (χ0v) is 18.9. The van der Waals surface area contributed by atoms with Gasteiger partial charge >= 0.3 is 0 Å². The number of para-hydroxylation sites is 2. The number of aromatic nitrogens is 2. The smallest absolute Gasteiger partial charge is 0.269 e. The van der Waals surface area contributed by atoms with Crippen molar-refractivity contribution >= 4 is 51.5 Å². The number of amides is 1. The predicted molar refractivity (Wildman–Crippen MR) is 130 cm³/mol.